The molecule has 0 fully saturated rings. The first kappa shape index (κ1) is 16.3. The average molecular weight is 350 g/mol. The van der Waals surface area contributed by atoms with Crippen LogP contribution in [0.2, 0.25) is 0 Å². The molecule has 4 aromatic rings. The monoisotopic (exact) mass is 350 g/mol. The molecular weight excluding hydrogens is 334 g/mol. The Kier molecular flexibility index (Phi) is 4.13. The smallest absolute Gasteiger partial charge is 0.159 e. The van der Waals surface area contributed by atoms with Gasteiger partial charge in [0.1, 0.15) is 11.6 Å². The molecule has 0 aliphatic rings. The second-order valence-corrected chi connectivity index (χ2v) is 5.99. The largest absolute Gasteiger partial charge is 0.497 e. The van der Waals surface area contributed by atoms with Crippen molar-refractivity contribution in [3.63, 3.8) is 0 Å². The highest BCUT2D eigenvalue weighted by Crippen LogP contribution is 2.29. The van der Waals surface area contributed by atoms with Crippen molar-refractivity contribution in [2.75, 3.05) is 7.11 Å². The fourth-order valence-corrected chi connectivity index (χ4v) is 3.01. The molecule has 0 bridgehead atoms. The van der Waals surface area contributed by atoms with Crippen molar-refractivity contribution >= 4 is 11.0 Å². The molecule has 130 valence electrons. The predicted molar refractivity (Wildman–Crippen MR) is 97.2 cm³/mol. The van der Waals surface area contributed by atoms with Crippen molar-refractivity contribution in [3.8, 4) is 17.1 Å². The van der Waals surface area contributed by atoms with Crippen molar-refractivity contribution in [1.82, 2.24) is 9.55 Å². The molecule has 0 saturated heterocycles. The molecule has 0 N–H and O–H groups in total. The van der Waals surface area contributed by atoms with Crippen molar-refractivity contribution in [2.24, 2.45) is 0 Å². The van der Waals surface area contributed by atoms with E-state index in [1.807, 2.05) is 53.1 Å². The van der Waals surface area contributed by atoms with Gasteiger partial charge in [-0.25, -0.2) is 13.8 Å². The van der Waals surface area contributed by atoms with Crippen LogP contribution in [0.4, 0.5) is 8.78 Å². The summed E-state index contributed by atoms with van der Waals surface area (Å²) in [6.45, 7) is 0.554. The zero-order valence-electron chi connectivity index (χ0n) is 14.1. The molecule has 0 aliphatic heterocycles. The molecule has 1 heterocycles. The lowest BCUT2D eigenvalue weighted by atomic mass is 10.2. The number of nitrogens with zero attached hydrogens (tertiary/aromatic N) is 2. The van der Waals surface area contributed by atoms with Crippen LogP contribution in [-0.4, -0.2) is 16.7 Å². The van der Waals surface area contributed by atoms with E-state index in [1.54, 1.807) is 13.2 Å². The Bertz CT molecular complexity index is 1070. The minimum Gasteiger partial charge on any atom is -0.497 e. The standard InChI is InChI=1S/C21H16F2N2O/c1-26-16-8-10-19-20(12-16)25(13-14-5-3-2-4-6-14)21(24-19)15-7-9-17(22)18(23)11-15/h2-12H,13H2,1H3. The van der Waals surface area contributed by atoms with Crippen LogP contribution in [0.25, 0.3) is 22.4 Å². The van der Waals surface area contributed by atoms with E-state index in [2.05, 4.69) is 4.98 Å². The number of imidazole rings is 1. The van der Waals surface area contributed by atoms with Gasteiger partial charge in [-0.2, -0.15) is 0 Å². The molecule has 5 heteroatoms. The van der Waals surface area contributed by atoms with E-state index >= 15 is 0 Å². The molecule has 3 nitrogen and oxygen atoms in total. The van der Waals surface area contributed by atoms with Crippen LogP contribution in [0.15, 0.2) is 66.7 Å². The van der Waals surface area contributed by atoms with Crippen LogP contribution in [0.3, 0.4) is 0 Å². The van der Waals surface area contributed by atoms with E-state index in [0.29, 0.717) is 23.7 Å². The van der Waals surface area contributed by atoms with E-state index in [1.165, 1.54) is 6.07 Å². The van der Waals surface area contributed by atoms with Crippen molar-refractivity contribution in [2.45, 2.75) is 6.54 Å². The third kappa shape index (κ3) is 2.92. The van der Waals surface area contributed by atoms with Crippen LogP contribution in [-0.2, 0) is 6.54 Å². The third-order valence-corrected chi connectivity index (χ3v) is 4.32. The third-order valence-electron chi connectivity index (χ3n) is 4.32. The Morgan fingerprint density at radius 2 is 1.73 bits per heavy atom. The molecule has 0 amide bonds. The topological polar surface area (TPSA) is 27.1 Å². The quantitative estimate of drug-likeness (QED) is 0.516. The summed E-state index contributed by atoms with van der Waals surface area (Å²) in [5.41, 5.74) is 3.24. The van der Waals surface area contributed by atoms with Crippen LogP contribution in [0.1, 0.15) is 5.56 Å². The lowest BCUT2D eigenvalue weighted by Crippen LogP contribution is -2.02. The second kappa shape index (κ2) is 6.59. The fraction of sp³-hybridized carbons (Fsp3) is 0.0952. The number of hydrogen-bond donors (Lipinski definition) is 0. The first-order valence-corrected chi connectivity index (χ1v) is 8.19. The molecule has 0 radical (unpaired) electrons. The van der Waals surface area contributed by atoms with E-state index in [4.69, 9.17) is 4.74 Å². The molecule has 0 aliphatic carbocycles. The second-order valence-electron chi connectivity index (χ2n) is 5.99. The summed E-state index contributed by atoms with van der Waals surface area (Å²) in [6.07, 6.45) is 0. The van der Waals surface area contributed by atoms with Gasteiger partial charge in [0.05, 0.1) is 18.1 Å². The van der Waals surface area contributed by atoms with Gasteiger partial charge in [-0.05, 0) is 35.9 Å². The highest BCUT2D eigenvalue weighted by Gasteiger charge is 2.15. The zero-order valence-corrected chi connectivity index (χ0v) is 14.1. The fourth-order valence-electron chi connectivity index (χ4n) is 3.01. The van der Waals surface area contributed by atoms with E-state index in [9.17, 15) is 8.78 Å². The maximum Gasteiger partial charge on any atom is 0.159 e. The van der Waals surface area contributed by atoms with Gasteiger partial charge in [0.2, 0.25) is 0 Å². The molecule has 3 aromatic carbocycles. The maximum atomic E-state index is 13.8. The molecule has 0 saturated carbocycles. The summed E-state index contributed by atoms with van der Waals surface area (Å²) in [6, 6.07) is 19.3. The number of ether oxygens (including phenoxy) is 1. The minimum absolute atomic E-state index is 0.523. The minimum atomic E-state index is -0.890. The predicted octanol–water partition coefficient (Wildman–Crippen LogP) is 5.04. The van der Waals surface area contributed by atoms with Gasteiger partial charge >= 0.3 is 0 Å². The van der Waals surface area contributed by atoms with Crippen molar-refractivity contribution in [3.05, 3.63) is 83.9 Å². The Balaban J connectivity index is 1.93. The summed E-state index contributed by atoms with van der Waals surface area (Å²) in [7, 11) is 1.61. The maximum absolute atomic E-state index is 13.8. The van der Waals surface area contributed by atoms with Gasteiger partial charge in [0.25, 0.3) is 0 Å². The van der Waals surface area contributed by atoms with Gasteiger partial charge in [-0.15, -0.1) is 0 Å². The summed E-state index contributed by atoms with van der Waals surface area (Å²) >= 11 is 0. The number of halogens is 2. The van der Waals surface area contributed by atoms with Gasteiger partial charge < -0.3 is 9.30 Å². The number of hydrogen-bond acceptors (Lipinski definition) is 2. The summed E-state index contributed by atoms with van der Waals surface area (Å²) in [5.74, 6) is -0.473. The number of rotatable bonds is 4. The van der Waals surface area contributed by atoms with E-state index in [-0.39, 0.29) is 0 Å². The van der Waals surface area contributed by atoms with Crippen molar-refractivity contribution < 1.29 is 13.5 Å². The lowest BCUT2D eigenvalue weighted by molar-refractivity contribution is 0.415. The Labute approximate surface area is 149 Å². The molecule has 1 aromatic heterocycles. The van der Waals surface area contributed by atoms with Crippen LogP contribution in [0.5, 0.6) is 5.75 Å². The molecule has 4 rings (SSSR count). The van der Waals surface area contributed by atoms with Crippen LogP contribution in [0, 0.1) is 11.6 Å². The highest BCUT2D eigenvalue weighted by atomic mass is 19.2. The normalized spacial score (nSPS) is 11.0. The summed E-state index contributed by atoms with van der Waals surface area (Å²) in [5, 5.41) is 0. The van der Waals surface area contributed by atoms with Gasteiger partial charge in [0, 0.05) is 18.2 Å². The Morgan fingerprint density at radius 3 is 2.46 bits per heavy atom. The Morgan fingerprint density at radius 1 is 0.923 bits per heavy atom. The molecule has 0 atom stereocenters. The van der Waals surface area contributed by atoms with Crippen molar-refractivity contribution in [1.29, 1.82) is 0 Å². The summed E-state index contributed by atoms with van der Waals surface area (Å²) < 4.78 is 34.4. The van der Waals surface area contributed by atoms with E-state index in [0.717, 1.165) is 22.7 Å². The van der Waals surface area contributed by atoms with Gasteiger partial charge in [-0.3, -0.25) is 0 Å². The number of fused-ring (bicyclic) bond motifs is 1. The number of benzene rings is 3. The van der Waals surface area contributed by atoms with Crippen LogP contribution < -0.4 is 4.74 Å². The molecule has 0 unspecified atom stereocenters. The molecule has 26 heavy (non-hydrogen) atoms. The highest BCUT2D eigenvalue weighted by molar-refractivity contribution is 5.82. The lowest BCUT2D eigenvalue weighted by Gasteiger charge is -2.10. The first-order valence-electron chi connectivity index (χ1n) is 8.19. The average Bonchev–Trinajstić information content (AvgIpc) is 3.02. The Hall–Kier alpha value is -3.21. The van der Waals surface area contributed by atoms with E-state index < -0.39 is 11.6 Å². The SMILES string of the molecule is COc1ccc2nc(-c3ccc(F)c(F)c3)n(Cc3ccccc3)c2c1. The first-order chi connectivity index (χ1) is 12.7. The summed E-state index contributed by atoms with van der Waals surface area (Å²) in [4.78, 5) is 4.64. The molecular formula is C21H16F2N2O. The molecule has 0 spiro atoms. The zero-order chi connectivity index (χ0) is 18.1. The van der Waals surface area contributed by atoms with Gasteiger partial charge in [-0.1, -0.05) is 30.3 Å². The number of methoxy groups -OCH3 is 1. The number of aromatic nitrogens is 2. The van der Waals surface area contributed by atoms with Crippen LogP contribution >= 0.6 is 0 Å². The van der Waals surface area contributed by atoms with Gasteiger partial charge in [0.15, 0.2) is 11.6 Å².